The van der Waals surface area contributed by atoms with Crippen LogP contribution in [0.3, 0.4) is 0 Å². The Hall–Kier alpha value is -1.76. The molecule has 122 valence electrons. The van der Waals surface area contributed by atoms with Gasteiger partial charge in [-0.1, -0.05) is 12.1 Å². The Kier molecular flexibility index (Phi) is 4.65. The van der Waals surface area contributed by atoms with Gasteiger partial charge in [-0.2, -0.15) is 13.2 Å². The third kappa shape index (κ3) is 3.52. The average molecular weight is 317 g/mol. The van der Waals surface area contributed by atoms with E-state index in [4.69, 9.17) is 4.74 Å². The van der Waals surface area contributed by atoms with E-state index >= 15 is 0 Å². The Balaban J connectivity index is 2.12. The molecule has 1 amide bonds. The molecular weight excluding hydrogens is 299 g/mol. The summed E-state index contributed by atoms with van der Waals surface area (Å²) in [6.07, 6.45) is -4.56. The monoisotopic (exact) mass is 317 g/mol. The number of rotatable bonds is 2. The molecule has 1 heterocycles. The van der Waals surface area contributed by atoms with Crippen molar-refractivity contribution in [3.8, 4) is 0 Å². The zero-order valence-corrected chi connectivity index (χ0v) is 12.2. The summed E-state index contributed by atoms with van der Waals surface area (Å²) < 4.78 is 43.2. The largest absolute Gasteiger partial charge is 0.450 e. The number of halogens is 3. The van der Waals surface area contributed by atoms with Crippen LogP contribution in [0.25, 0.3) is 0 Å². The number of alkyl halides is 3. The van der Waals surface area contributed by atoms with Crippen LogP contribution in [0.2, 0.25) is 0 Å². The molecule has 7 heteroatoms. The molecule has 2 rings (SSSR count). The Bertz CT molecular complexity index is 537. The number of piperidine rings is 1. The van der Waals surface area contributed by atoms with E-state index in [1.807, 2.05) is 0 Å². The molecule has 0 unspecified atom stereocenters. The van der Waals surface area contributed by atoms with Crippen molar-refractivity contribution in [2.24, 2.45) is 0 Å². The first-order valence-electron chi connectivity index (χ1n) is 7.08. The molecule has 0 saturated carbocycles. The van der Waals surface area contributed by atoms with E-state index in [0.29, 0.717) is 0 Å². The van der Waals surface area contributed by atoms with Gasteiger partial charge < -0.3 is 14.7 Å². The topological polar surface area (TPSA) is 49.8 Å². The van der Waals surface area contributed by atoms with E-state index in [2.05, 4.69) is 0 Å². The minimum absolute atomic E-state index is 0.174. The molecule has 0 radical (unpaired) electrons. The van der Waals surface area contributed by atoms with Crippen molar-refractivity contribution in [1.29, 1.82) is 0 Å². The number of carbonyl (C=O) groups is 1. The molecule has 22 heavy (non-hydrogen) atoms. The SMILES string of the molecule is CCOC(=O)N1CCC(O)(c2cccc(C(F)(F)F)c2)CC1. The summed E-state index contributed by atoms with van der Waals surface area (Å²) >= 11 is 0. The van der Waals surface area contributed by atoms with E-state index < -0.39 is 23.4 Å². The third-order valence-corrected chi connectivity index (χ3v) is 3.84. The maximum atomic E-state index is 12.8. The number of hydrogen-bond acceptors (Lipinski definition) is 3. The van der Waals surface area contributed by atoms with Gasteiger partial charge in [0.1, 0.15) is 0 Å². The standard InChI is InChI=1S/C15H18F3NO3/c1-2-22-13(20)19-8-6-14(21,7-9-19)11-4-3-5-12(10-11)15(16,17)18/h3-5,10,21H,2,6-9H2,1H3. The fraction of sp³-hybridized carbons (Fsp3) is 0.533. The van der Waals surface area contributed by atoms with E-state index in [1.165, 1.54) is 17.0 Å². The number of benzene rings is 1. The second-order valence-electron chi connectivity index (χ2n) is 5.30. The molecule has 1 saturated heterocycles. The first-order chi connectivity index (χ1) is 10.3. The van der Waals surface area contributed by atoms with Gasteiger partial charge in [-0.3, -0.25) is 0 Å². The molecule has 1 N–H and O–H groups in total. The Morgan fingerprint density at radius 1 is 1.36 bits per heavy atom. The summed E-state index contributed by atoms with van der Waals surface area (Å²) in [6.45, 7) is 2.44. The number of hydrogen-bond donors (Lipinski definition) is 1. The molecule has 0 spiro atoms. The molecule has 1 aromatic carbocycles. The molecule has 0 aromatic heterocycles. The molecule has 0 atom stereocenters. The zero-order valence-electron chi connectivity index (χ0n) is 12.2. The molecule has 1 fully saturated rings. The van der Waals surface area contributed by atoms with Crippen molar-refractivity contribution < 1.29 is 27.8 Å². The summed E-state index contributed by atoms with van der Waals surface area (Å²) in [5.74, 6) is 0. The second-order valence-corrected chi connectivity index (χ2v) is 5.30. The summed E-state index contributed by atoms with van der Waals surface area (Å²) in [6, 6.07) is 4.71. The number of aliphatic hydroxyl groups is 1. The van der Waals surface area contributed by atoms with Crippen LogP contribution >= 0.6 is 0 Å². The number of carbonyl (C=O) groups excluding carboxylic acids is 1. The Labute approximate surface area is 126 Å². The van der Waals surface area contributed by atoms with Crippen molar-refractivity contribution in [2.45, 2.75) is 31.5 Å². The van der Waals surface area contributed by atoms with Gasteiger partial charge in [0.05, 0.1) is 17.8 Å². The van der Waals surface area contributed by atoms with Gasteiger partial charge in [0.2, 0.25) is 0 Å². The van der Waals surface area contributed by atoms with E-state index in [9.17, 15) is 23.1 Å². The van der Waals surface area contributed by atoms with Crippen molar-refractivity contribution in [3.63, 3.8) is 0 Å². The van der Waals surface area contributed by atoms with Crippen LogP contribution in [0, 0.1) is 0 Å². The van der Waals surface area contributed by atoms with Gasteiger partial charge >= 0.3 is 12.3 Å². The van der Waals surface area contributed by atoms with Crippen LogP contribution in [-0.4, -0.2) is 35.8 Å². The molecule has 1 aromatic rings. The van der Waals surface area contributed by atoms with Crippen molar-refractivity contribution in [2.75, 3.05) is 19.7 Å². The second kappa shape index (κ2) is 6.16. The maximum Gasteiger partial charge on any atom is 0.416 e. The van der Waals surface area contributed by atoms with Crippen LogP contribution in [-0.2, 0) is 16.5 Å². The van der Waals surface area contributed by atoms with Gasteiger partial charge in [0, 0.05) is 13.1 Å². The quantitative estimate of drug-likeness (QED) is 0.911. The van der Waals surface area contributed by atoms with Crippen LogP contribution in [0.1, 0.15) is 30.9 Å². The highest BCUT2D eigenvalue weighted by atomic mass is 19.4. The highest BCUT2D eigenvalue weighted by Gasteiger charge is 2.38. The number of nitrogens with zero attached hydrogens (tertiary/aromatic N) is 1. The predicted octanol–water partition coefficient (Wildman–Crippen LogP) is 3.15. The normalized spacial score (nSPS) is 18.1. The molecule has 1 aliphatic rings. The number of likely N-dealkylation sites (tertiary alicyclic amines) is 1. The maximum absolute atomic E-state index is 12.8. The fourth-order valence-electron chi connectivity index (χ4n) is 2.55. The minimum Gasteiger partial charge on any atom is -0.450 e. The third-order valence-electron chi connectivity index (χ3n) is 3.84. The average Bonchev–Trinajstić information content (AvgIpc) is 2.47. The zero-order chi connectivity index (χ0) is 16.4. The van der Waals surface area contributed by atoms with Crippen LogP contribution in [0.5, 0.6) is 0 Å². The van der Waals surface area contributed by atoms with Gasteiger partial charge in [-0.15, -0.1) is 0 Å². The lowest BCUT2D eigenvalue weighted by Crippen LogP contribution is -2.45. The minimum atomic E-state index is -4.45. The molecule has 4 nitrogen and oxygen atoms in total. The summed E-state index contributed by atoms with van der Waals surface area (Å²) in [4.78, 5) is 13.1. The van der Waals surface area contributed by atoms with Gasteiger partial charge in [0.15, 0.2) is 0 Å². The number of ether oxygens (including phenoxy) is 1. The van der Waals surface area contributed by atoms with E-state index in [1.54, 1.807) is 6.92 Å². The predicted molar refractivity (Wildman–Crippen MR) is 73.2 cm³/mol. The number of amides is 1. The lowest BCUT2D eigenvalue weighted by molar-refractivity contribution is -0.137. The van der Waals surface area contributed by atoms with Gasteiger partial charge in [0.25, 0.3) is 0 Å². The van der Waals surface area contributed by atoms with Crippen LogP contribution < -0.4 is 0 Å². The Morgan fingerprint density at radius 2 is 2.00 bits per heavy atom. The van der Waals surface area contributed by atoms with Crippen molar-refractivity contribution in [1.82, 2.24) is 4.90 Å². The van der Waals surface area contributed by atoms with Crippen molar-refractivity contribution in [3.05, 3.63) is 35.4 Å². The van der Waals surface area contributed by atoms with Crippen LogP contribution in [0.15, 0.2) is 24.3 Å². The van der Waals surface area contributed by atoms with E-state index in [0.717, 1.165) is 12.1 Å². The molecule has 0 aliphatic carbocycles. The summed E-state index contributed by atoms with van der Waals surface area (Å²) in [5.41, 5.74) is -1.92. The fourth-order valence-corrected chi connectivity index (χ4v) is 2.55. The smallest absolute Gasteiger partial charge is 0.416 e. The first-order valence-corrected chi connectivity index (χ1v) is 7.08. The van der Waals surface area contributed by atoms with Crippen LogP contribution in [0.4, 0.5) is 18.0 Å². The highest BCUT2D eigenvalue weighted by molar-refractivity contribution is 5.67. The first kappa shape index (κ1) is 16.6. The van der Waals surface area contributed by atoms with E-state index in [-0.39, 0.29) is 38.1 Å². The lowest BCUT2D eigenvalue weighted by Gasteiger charge is -2.38. The molecule has 1 aliphatic heterocycles. The highest BCUT2D eigenvalue weighted by Crippen LogP contribution is 2.36. The van der Waals surface area contributed by atoms with Crippen molar-refractivity contribution >= 4 is 6.09 Å². The Morgan fingerprint density at radius 3 is 2.55 bits per heavy atom. The van der Waals surface area contributed by atoms with Gasteiger partial charge in [-0.25, -0.2) is 4.79 Å². The van der Waals surface area contributed by atoms with Gasteiger partial charge in [-0.05, 0) is 37.5 Å². The summed E-state index contributed by atoms with van der Waals surface area (Å²) in [7, 11) is 0. The lowest BCUT2D eigenvalue weighted by atomic mass is 9.84. The summed E-state index contributed by atoms with van der Waals surface area (Å²) in [5, 5.41) is 10.6. The molecule has 0 bridgehead atoms. The molecular formula is C15H18F3NO3.